The molecule has 0 saturated heterocycles. The van der Waals surface area contributed by atoms with Crippen LogP contribution in [0.5, 0.6) is 0 Å². The Balaban J connectivity index is 4.97. The Bertz CT molecular complexity index is 270. The summed E-state index contributed by atoms with van der Waals surface area (Å²) in [7, 11) is 0. The van der Waals surface area contributed by atoms with Gasteiger partial charge < -0.3 is 0 Å². The molecule has 0 aliphatic carbocycles. The maximum atomic E-state index is 8.90. The molecule has 0 N–H and O–H groups in total. The fraction of sp³-hybridized carbons (Fsp3) is 0.417. The van der Waals surface area contributed by atoms with E-state index in [0.717, 1.165) is 29.6 Å². The van der Waals surface area contributed by atoms with Crippen LogP contribution in [0.1, 0.15) is 33.6 Å². The fourth-order valence-corrected chi connectivity index (χ4v) is 1.10. The molecule has 1 nitrogen and oxygen atoms in total. The van der Waals surface area contributed by atoms with Gasteiger partial charge >= 0.3 is 0 Å². The van der Waals surface area contributed by atoms with Crippen LogP contribution in [0, 0.1) is 11.3 Å². The van der Waals surface area contributed by atoms with Gasteiger partial charge in [0.05, 0.1) is 11.6 Å². The molecule has 0 amide bonds. The third kappa shape index (κ3) is 4.32. The quantitative estimate of drug-likeness (QED) is 0.471. The highest BCUT2D eigenvalue weighted by molar-refractivity contribution is 5.43. The first-order valence-electron chi connectivity index (χ1n) is 4.56. The van der Waals surface area contributed by atoms with E-state index in [9.17, 15) is 0 Å². The third-order valence-electron chi connectivity index (χ3n) is 1.67. The Labute approximate surface area is 81.1 Å². The molecule has 0 spiro atoms. The summed E-state index contributed by atoms with van der Waals surface area (Å²) < 4.78 is 0. The van der Waals surface area contributed by atoms with Gasteiger partial charge in [0.2, 0.25) is 0 Å². The lowest BCUT2D eigenvalue weighted by Gasteiger charge is -2.00. The number of hydrogen-bond donors (Lipinski definition) is 0. The first kappa shape index (κ1) is 11.7. The molecule has 0 aromatic heterocycles. The predicted octanol–water partition coefficient (Wildman–Crippen LogP) is 3.76. The van der Waals surface area contributed by atoms with Crippen molar-refractivity contribution in [2.24, 2.45) is 0 Å². The van der Waals surface area contributed by atoms with E-state index >= 15 is 0 Å². The summed E-state index contributed by atoms with van der Waals surface area (Å²) in [6.07, 6.45) is 5.66. The van der Waals surface area contributed by atoms with E-state index in [1.54, 1.807) is 6.08 Å². The van der Waals surface area contributed by atoms with E-state index in [2.05, 4.69) is 19.6 Å². The molecule has 0 fully saturated rings. The molecule has 0 rings (SSSR count). The minimum absolute atomic E-state index is 0.747. The average Bonchev–Trinajstić information content (AvgIpc) is 2.10. The number of hydrogen-bond acceptors (Lipinski definition) is 1. The van der Waals surface area contributed by atoms with Gasteiger partial charge in [-0.2, -0.15) is 5.26 Å². The van der Waals surface area contributed by atoms with Gasteiger partial charge in [0.25, 0.3) is 0 Å². The standard InChI is InChI=1S/C12H17N/c1-5-7-11(6-2)12(9-13)8-10(3)4/h6,8H,2,5,7H2,1,3-4H3/b12-11-. The van der Waals surface area contributed by atoms with Gasteiger partial charge in [-0.1, -0.05) is 31.6 Å². The topological polar surface area (TPSA) is 23.8 Å². The summed E-state index contributed by atoms with van der Waals surface area (Å²) in [5.74, 6) is 0. The van der Waals surface area contributed by atoms with Gasteiger partial charge in [-0.05, 0) is 31.9 Å². The molecule has 1 heteroatoms. The van der Waals surface area contributed by atoms with Crippen LogP contribution in [-0.4, -0.2) is 0 Å². The van der Waals surface area contributed by atoms with E-state index in [-0.39, 0.29) is 0 Å². The van der Waals surface area contributed by atoms with Gasteiger partial charge in [-0.3, -0.25) is 0 Å². The van der Waals surface area contributed by atoms with E-state index < -0.39 is 0 Å². The summed E-state index contributed by atoms with van der Waals surface area (Å²) in [6.45, 7) is 9.80. The molecule has 0 heterocycles. The van der Waals surface area contributed by atoms with Gasteiger partial charge in [-0.15, -0.1) is 0 Å². The second kappa shape index (κ2) is 6.25. The Hall–Kier alpha value is -1.29. The monoisotopic (exact) mass is 175 g/mol. The van der Waals surface area contributed by atoms with Crippen molar-refractivity contribution < 1.29 is 0 Å². The van der Waals surface area contributed by atoms with E-state index in [4.69, 9.17) is 5.26 Å². The van der Waals surface area contributed by atoms with Crippen molar-refractivity contribution in [1.82, 2.24) is 0 Å². The lowest BCUT2D eigenvalue weighted by molar-refractivity contribution is 0.922. The molecule has 0 aliphatic rings. The van der Waals surface area contributed by atoms with Crippen molar-refractivity contribution in [3.63, 3.8) is 0 Å². The maximum Gasteiger partial charge on any atom is 0.0994 e. The summed E-state index contributed by atoms with van der Waals surface area (Å²) in [5.41, 5.74) is 2.94. The summed E-state index contributed by atoms with van der Waals surface area (Å²) >= 11 is 0. The number of nitriles is 1. The molecule has 0 atom stereocenters. The molecule has 0 radical (unpaired) electrons. The predicted molar refractivity (Wildman–Crippen MR) is 57.2 cm³/mol. The van der Waals surface area contributed by atoms with Crippen molar-refractivity contribution in [1.29, 1.82) is 5.26 Å². The Morgan fingerprint density at radius 2 is 2.08 bits per heavy atom. The van der Waals surface area contributed by atoms with Crippen LogP contribution >= 0.6 is 0 Å². The van der Waals surface area contributed by atoms with Gasteiger partial charge in [-0.25, -0.2) is 0 Å². The normalized spacial score (nSPS) is 11.2. The number of nitrogens with zero attached hydrogens (tertiary/aromatic N) is 1. The first-order valence-corrected chi connectivity index (χ1v) is 4.56. The van der Waals surface area contributed by atoms with Gasteiger partial charge in [0.15, 0.2) is 0 Å². The number of allylic oxidation sites excluding steroid dienone is 5. The zero-order chi connectivity index (χ0) is 10.3. The highest BCUT2D eigenvalue weighted by Gasteiger charge is 1.98. The first-order chi connectivity index (χ1) is 6.15. The second-order valence-electron chi connectivity index (χ2n) is 3.23. The number of rotatable bonds is 4. The molecule has 0 unspecified atom stereocenters. The van der Waals surface area contributed by atoms with Gasteiger partial charge in [0.1, 0.15) is 0 Å². The Kier molecular flexibility index (Phi) is 5.63. The molecule has 0 aromatic rings. The molecule has 0 saturated carbocycles. The summed E-state index contributed by atoms with van der Waals surface area (Å²) in [6, 6.07) is 2.20. The Morgan fingerprint density at radius 1 is 1.46 bits per heavy atom. The Morgan fingerprint density at radius 3 is 2.38 bits per heavy atom. The smallest absolute Gasteiger partial charge is 0.0994 e. The zero-order valence-corrected chi connectivity index (χ0v) is 8.72. The lowest BCUT2D eigenvalue weighted by atomic mass is 10.0. The van der Waals surface area contributed by atoms with Gasteiger partial charge in [0, 0.05) is 0 Å². The van der Waals surface area contributed by atoms with Crippen molar-refractivity contribution in [2.45, 2.75) is 33.6 Å². The minimum atomic E-state index is 0.747. The van der Waals surface area contributed by atoms with E-state index in [1.807, 2.05) is 19.9 Å². The lowest BCUT2D eigenvalue weighted by Crippen LogP contribution is -1.85. The van der Waals surface area contributed by atoms with Crippen LogP contribution in [0.25, 0.3) is 0 Å². The zero-order valence-electron chi connectivity index (χ0n) is 8.72. The van der Waals surface area contributed by atoms with Crippen LogP contribution < -0.4 is 0 Å². The maximum absolute atomic E-state index is 8.90. The van der Waals surface area contributed by atoms with E-state index in [0.29, 0.717) is 0 Å². The van der Waals surface area contributed by atoms with Crippen molar-refractivity contribution in [2.75, 3.05) is 0 Å². The summed E-state index contributed by atoms with van der Waals surface area (Å²) in [5, 5.41) is 8.90. The SMILES string of the molecule is C=C/C(CCC)=C(/C#N)C=C(C)C. The molecule has 0 aliphatic heterocycles. The molecule has 0 bridgehead atoms. The third-order valence-corrected chi connectivity index (χ3v) is 1.67. The second-order valence-corrected chi connectivity index (χ2v) is 3.23. The van der Waals surface area contributed by atoms with Crippen LogP contribution in [0.15, 0.2) is 35.5 Å². The largest absolute Gasteiger partial charge is 0.192 e. The molecule has 70 valence electrons. The van der Waals surface area contributed by atoms with Crippen LogP contribution in [0.4, 0.5) is 0 Å². The van der Waals surface area contributed by atoms with Crippen LogP contribution in [-0.2, 0) is 0 Å². The van der Waals surface area contributed by atoms with E-state index in [1.165, 1.54) is 0 Å². The minimum Gasteiger partial charge on any atom is -0.192 e. The average molecular weight is 175 g/mol. The van der Waals surface area contributed by atoms with Crippen molar-refractivity contribution in [3.05, 3.63) is 35.5 Å². The molecule has 13 heavy (non-hydrogen) atoms. The molecular formula is C12H17N. The fourth-order valence-electron chi connectivity index (χ4n) is 1.10. The van der Waals surface area contributed by atoms with Crippen LogP contribution in [0.3, 0.4) is 0 Å². The summed E-state index contributed by atoms with van der Waals surface area (Å²) in [4.78, 5) is 0. The highest BCUT2D eigenvalue weighted by atomic mass is 14.2. The highest BCUT2D eigenvalue weighted by Crippen LogP contribution is 2.14. The molecular weight excluding hydrogens is 158 g/mol. The molecule has 0 aromatic carbocycles. The van der Waals surface area contributed by atoms with Crippen molar-refractivity contribution >= 4 is 0 Å². The van der Waals surface area contributed by atoms with Crippen molar-refractivity contribution in [3.8, 4) is 6.07 Å². The van der Waals surface area contributed by atoms with Crippen LogP contribution in [0.2, 0.25) is 0 Å².